The molecule has 0 saturated heterocycles. The van der Waals surface area contributed by atoms with E-state index in [9.17, 15) is 23.1 Å². The minimum Gasteiger partial charge on any atom is -0.481 e. The van der Waals surface area contributed by atoms with Crippen molar-refractivity contribution in [3.05, 3.63) is 23.8 Å². The molecule has 7 heteroatoms. The number of carboxylic acid groups (broad SMARTS) is 1. The number of carbonyl (C=O) groups is 1. The largest absolute Gasteiger partial charge is 0.573 e. The molecule has 0 aliphatic heterocycles. The minimum absolute atomic E-state index is 0.151. The van der Waals surface area contributed by atoms with Gasteiger partial charge in [0.05, 0.1) is 11.6 Å². The average molecular weight is 305 g/mol. The predicted molar refractivity (Wildman–Crippen MR) is 72.0 cm³/mol. The highest BCUT2D eigenvalue weighted by Crippen LogP contribution is 2.38. The molecule has 0 saturated carbocycles. The summed E-state index contributed by atoms with van der Waals surface area (Å²) in [5.41, 5.74) is 5.56. The number of benzene rings is 1. The van der Waals surface area contributed by atoms with E-state index in [1.54, 1.807) is 0 Å². The van der Waals surface area contributed by atoms with Crippen LogP contribution in [0.3, 0.4) is 0 Å². The van der Waals surface area contributed by atoms with Gasteiger partial charge in [0.25, 0.3) is 0 Å². The van der Waals surface area contributed by atoms with Crippen molar-refractivity contribution in [3.63, 3.8) is 0 Å². The van der Waals surface area contributed by atoms with E-state index in [4.69, 9.17) is 5.73 Å². The number of nitrogen functional groups attached to an aromatic ring is 1. The number of rotatable bonds is 6. The molecule has 4 nitrogen and oxygen atoms in total. The molecule has 0 amide bonds. The molecule has 1 unspecified atom stereocenters. The summed E-state index contributed by atoms with van der Waals surface area (Å²) in [6.45, 7) is 3.66. The predicted octanol–water partition coefficient (Wildman–Crippen LogP) is 3.77. The van der Waals surface area contributed by atoms with Crippen molar-refractivity contribution in [1.29, 1.82) is 0 Å². The third-order valence-corrected chi connectivity index (χ3v) is 3.45. The zero-order chi connectivity index (χ0) is 16.2. The first-order chi connectivity index (χ1) is 9.71. The Morgan fingerprint density at radius 2 is 1.90 bits per heavy atom. The second-order valence-electron chi connectivity index (χ2n) is 4.70. The third kappa shape index (κ3) is 4.27. The van der Waals surface area contributed by atoms with Crippen LogP contribution in [0.4, 0.5) is 18.9 Å². The van der Waals surface area contributed by atoms with Crippen LogP contribution in [-0.4, -0.2) is 17.4 Å². The number of anilines is 1. The van der Waals surface area contributed by atoms with E-state index in [0.29, 0.717) is 12.8 Å². The number of alkyl halides is 3. The normalized spacial score (nSPS) is 13.2. The molecule has 0 aromatic heterocycles. The SMILES string of the molecule is CCC(CC)C(C(=O)O)c1cccc(OC(F)(F)F)c1N. The second-order valence-corrected chi connectivity index (χ2v) is 4.70. The summed E-state index contributed by atoms with van der Waals surface area (Å²) in [6.07, 6.45) is -3.71. The summed E-state index contributed by atoms with van der Waals surface area (Å²) in [7, 11) is 0. The van der Waals surface area contributed by atoms with E-state index in [1.807, 2.05) is 13.8 Å². The molecule has 1 aromatic carbocycles. The second kappa shape index (κ2) is 6.69. The van der Waals surface area contributed by atoms with Crippen LogP contribution in [0.5, 0.6) is 5.75 Å². The molecule has 1 atom stereocenters. The maximum atomic E-state index is 12.3. The molecule has 0 spiro atoms. The topological polar surface area (TPSA) is 72.5 Å². The highest BCUT2D eigenvalue weighted by molar-refractivity contribution is 5.80. The molecular weight excluding hydrogens is 287 g/mol. The Bertz CT molecular complexity index is 499. The van der Waals surface area contributed by atoms with Crippen molar-refractivity contribution in [1.82, 2.24) is 0 Å². The van der Waals surface area contributed by atoms with Gasteiger partial charge in [0.2, 0.25) is 0 Å². The lowest BCUT2D eigenvalue weighted by Gasteiger charge is -2.24. The fourth-order valence-corrected chi connectivity index (χ4v) is 2.39. The number of hydrogen-bond donors (Lipinski definition) is 2. The number of aliphatic carboxylic acids is 1. The van der Waals surface area contributed by atoms with Gasteiger partial charge in [-0.3, -0.25) is 4.79 Å². The van der Waals surface area contributed by atoms with Gasteiger partial charge >= 0.3 is 12.3 Å². The Kier molecular flexibility index (Phi) is 5.46. The van der Waals surface area contributed by atoms with Crippen molar-refractivity contribution in [2.24, 2.45) is 5.92 Å². The standard InChI is InChI=1S/C14H18F3NO3/c1-3-8(4-2)11(13(19)20)9-6-5-7-10(12(9)18)21-14(15,16)17/h5-8,11H,3-4,18H2,1-2H3,(H,19,20). The van der Waals surface area contributed by atoms with Gasteiger partial charge in [0, 0.05) is 0 Å². The van der Waals surface area contributed by atoms with Gasteiger partial charge < -0.3 is 15.6 Å². The summed E-state index contributed by atoms with van der Waals surface area (Å²) in [6, 6.07) is 3.80. The van der Waals surface area contributed by atoms with Crippen molar-refractivity contribution in [2.45, 2.75) is 39.0 Å². The van der Waals surface area contributed by atoms with E-state index < -0.39 is 24.0 Å². The van der Waals surface area contributed by atoms with Crippen molar-refractivity contribution < 1.29 is 27.8 Å². The van der Waals surface area contributed by atoms with Gasteiger partial charge in [0.1, 0.15) is 0 Å². The molecule has 3 N–H and O–H groups in total. The van der Waals surface area contributed by atoms with E-state index in [0.717, 1.165) is 6.07 Å². The lowest BCUT2D eigenvalue weighted by Crippen LogP contribution is -2.23. The number of nitrogens with two attached hydrogens (primary N) is 1. The zero-order valence-corrected chi connectivity index (χ0v) is 11.8. The van der Waals surface area contributed by atoms with Crippen LogP contribution in [0.25, 0.3) is 0 Å². The lowest BCUT2D eigenvalue weighted by molar-refractivity contribution is -0.274. The number of para-hydroxylation sites is 1. The van der Waals surface area contributed by atoms with Crippen LogP contribution < -0.4 is 10.5 Å². The van der Waals surface area contributed by atoms with E-state index in [1.165, 1.54) is 12.1 Å². The van der Waals surface area contributed by atoms with Crippen LogP contribution in [0.2, 0.25) is 0 Å². The Balaban J connectivity index is 3.27. The van der Waals surface area contributed by atoms with Crippen LogP contribution in [0, 0.1) is 5.92 Å². The number of carboxylic acids is 1. The van der Waals surface area contributed by atoms with Gasteiger partial charge in [-0.15, -0.1) is 13.2 Å². The first kappa shape index (κ1) is 17.1. The third-order valence-electron chi connectivity index (χ3n) is 3.45. The molecule has 0 fully saturated rings. The molecule has 1 aromatic rings. The van der Waals surface area contributed by atoms with Crippen molar-refractivity contribution >= 4 is 11.7 Å². The summed E-state index contributed by atoms with van der Waals surface area (Å²) < 4.78 is 40.8. The smallest absolute Gasteiger partial charge is 0.481 e. The minimum atomic E-state index is -4.87. The highest BCUT2D eigenvalue weighted by atomic mass is 19.4. The molecule has 21 heavy (non-hydrogen) atoms. The van der Waals surface area contributed by atoms with Crippen LogP contribution in [-0.2, 0) is 4.79 Å². The Hall–Kier alpha value is -1.92. The van der Waals surface area contributed by atoms with E-state index in [-0.39, 0.29) is 17.2 Å². The number of halogens is 3. The number of ether oxygens (including phenoxy) is 1. The summed E-state index contributed by atoms with van der Waals surface area (Å²) in [5.74, 6) is -2.86. The number of hydrogen-bond acceptors (Lipinski definition) is 3. The molecule has 0 bridgehead atoms. The summed E-state index contributed by atoms with van der Waals surface area (Å²) in [5, 5.41) is 9.39. The van der Waals surface area contributed by atoms with Crippen molar-refractivity contribution in [3.8, 4) is 5.75 Å². The Morgan fingerprint density at radius 1 is 1.33 bits per heavy atom. The van der Waals surface area contributed by atoms with Gasteiger partial charge in [-0.2, -0.15) is 0 Å². The molecule has 0 aliphatic carbocycles. The summed E-state index contributed by atoms with van der Waals surface area (Å²) in [4.78, 5) is 11.5. The maximum Gasteiger partial charge on any atom is 0.573 e. The fraction of sp³-hybridized carbons (Fsp3) is 0.500. The van der Waals surface area contributed by atoms with Crippen molar-refractivity contribution in [2.75, 3.05) is 5.73 Å². The first-order valence-corrected chi connectivity index (χ1v) is 6.58. The van der Waals surface area contributed by atoms with E-state index in [2.05, 4.69) is 4.74 Å². The highest BCUT2D eigenvalue weighted by Gasteiger charge is 2.34. The molecule has 0 aliphatic rings. The first-order valence-electron chi connectivity index (χ1n) is 6.58. The van der Waals surface area contributed by atoms with Crippen LogP contribution in [0.15, 0.2) is 18.2 Å². The van der Waals surface area contributed by atoms with E-state index >= 15 is 0 Å². The Morgan fingerprint density at radius 3 is 2.33 bits per heavy atom. The van der Waals surface area contributed by atoms with Gasteiger partial charge in [0.15, 0.2) is 5.75 Å². The molecule has 0 heterocycles. The molecule has 0 radical (unpaired) electrons. The molecule has 1 rings (SSSR count). The van der Waals surface area contributed by atoms with Gasteiger partial charge in [-0.05, 0) is 17.5 Å². The quantitative estimate of drug-likeness (QED) is 0.785. The summed E-state index contributed by atoms with van der Waals surface area (Å²) >= 11 is 0. The molecular formula is C14H18F3NO3. The van der Waals surface area contributed by atoms with Crippen LogP contribution >= 0.6 is 0 Å². The van der Waals surface area contributed by atoms with Gasteiger partial charge in [-0.25, -0.2) is 0 Å². The van der Waals surface area contributed by atoms with Crippen LogP contribution in [0.1, 0.15) is 38.2 Å². The zero-order valence-electron chi connectivity index (χ0n) is 11.8. The molecule has 118 valence electrons. The Labute approximate surface area is 120 Å². The van der Waals surface area contributed by atoms with Gasteiger partial charge in [-0.1, -0.05) is 38.8 Å². The fourth-order valence-electron chi connectivity index (χ4n) is 2.39. The monoisotopic (exact) mass is 305 g/mol. The lowest BCUT2D eigenvalue weighted by atomic mass is 9.82. The average Bonchev–Trinajstić information content (AvgIpc) is 2.37. The maximum absolute atomic E-state index is 12.3.